The van der Waals surface area contributed by atoms with Crippen LogP contribution in [-0.4, -0.2) is 50.8 Å². The number of benzene rings is 2. The highest BCUT2D eigenvalue weighted by molar-refractivity contribution is 7.91. The maximum absolute atomic E-state index is 13.4. The summed E-state index contributed by atoms with van der Waals surface area (Å²) in [6.07, 6.45) is -1.91. The molecule has 0 bridgehead atoms. The number of methoxy groups -OCH3 is 1. The first kappa shape index (κ1) is 32.0. The molecule has 1 unspecified atom stereocenters. The molecule has 2 aromatic carbocycles. The molecule has 1 fully saturated rings. The highest BCUT2D eigenvalue weighted by atomic mass is 32.2. The summed E-state index contributed by atoms with van der Waals surface area (Å²) in [6, 6.07) is 11.1. The number of hydrogen-bond donors (Lipinski definition) is 1. The molecule has 2 atom stereocenters. The van der Waals surface area contributed by atoms with Crippen molar-refractivity contribution in [2.75, 3.05) is 19.4 Å². The van der Waals surface area contributed by atoms with E-state index in [-0.39, 0.29) is 47.8 Å². The van der Waals surface area contributed by atoms with Gasteiger partial charge in [0.1, 0.15) is 0 Å². The summed E-state index contributed by atoms with van der Waals surface area (Å²) in [5.41, 5.74) is 3.13. The summed E-state index contributed by atoms with van der Waals surface area (Å²) < 4.78 is 68.6. The van der Waals surface area contributed by atoms with E-state index in [1.807, 2.05) is 12.1 Å². The maximum Gasteiger partial charge on any atom is 0.391 e. The first-order valence-electron chi connectivity index (χ1n) is 14.5. The Morgan fingerprint density at radius 3 is 2.29 bits per heavy atom. The van der Waals surface area contributed by atoms with E-state index in [0.717, 1.165) is 24.1 Å². The number of carbonyl (C=O) groups is 2. The molecule has 42 heavy (non-hydrogen) atoms. The minimum atomic E-state index is -4.12. The van der Waals surface area contributed by atoms with Gasteiger partial charge in [0, 0.05) is 24.7 Å². The second-order valence-electron chi connectivity index (χ2n) is 11.3. The number of rotatable bonds is 10. The number of sulfone groups is 1. The van der Waals surface area contributed by atoms with Crippen molar-refractivity contribution in [1.29, 1.82) is 0 Å². The topological polar surface area (TPSA) is 92.8 Å². The zero-order valence-corrected chi connectivity index (χ0v) is 25.1. The summed E-state index contributed by atoms with van der Waals surface area (Å²) in [4.78, 5) is 28.0. The fraction of sp³-hybridized carbons (Fsp3) is 0.548. The van der Waals surface area contributed by atoms with Crippen molar-refractivity contribution in [3.63, 3.8) is 0 Å². The molecule has 0 saturated heterocycles. The molecule has 7 nitrogen and oxygen atoms in total. The molecular formula is C31H39F3N2O5S. The Morgan fingerprint density at radius 2 is 1.71 bits per heavy atom. The van der Waals surface area contributed by atoms with E-state index in [4.69, 9.17) is 4.74 Å². The van der Waals surface area contributed by atoms with Crippen LogP contribution in [0.5, 0.6) is 0 Å². The van der Waals surface area contributed by atoms with Gasteiger partial charge in [-0.05, 0) is 79.0 Å². The van der Waals surface area contributed by atoms with Gasteiger partial charge in [0.05, 0.1) is 36.1 Å². The fourth-order valence-electron chi connectivity index (χ4n) is 6.23. The molecule has 0 radical (unpaired) electrons. The Bertz CT molecular complexity index is 1370. The molecule has 1 heterocycles. The van der Waals surface area contributed by atoms with E-state index < -0.39 is 33.9 Å². The number of esters is 1. The summed E-state index contributed by atoms with van der Waals surface area (Å²) in [6.45, 7) is 4.99. The average Bonchev–Trinajstić information content (AvgIpc) is 3.32. The van der Waals surface area contributed by atoms with E-state index in [1.54, 1.807) is 25.1 Å². The number of hydrogen-bond acceptors (Lipinski definition) is 6. The van der Waals surface area contributed by atoms with Gasteiger partial charge in [-0.3, -0.25) is 14.5 Å². The highest BCUT2D eigenvalue weighted by Gasteiger charge is 2.42. The number of fused-ring (bicyclic) bond motifs is 1. The molecule has 230 valence electrons. The first-order chi connectivity index (χ1) is 19.9. The van der Waals surface area contributed by atoms with Gasteiger partial charge in [0.2, 0.25) is 0 Å². The third-order valence-electron chi connectivity index (χ3n) is 8.69. The Kier molecular flexibility index (Phi) is 10.0. The average molecular weight is 609 g/mol. The molecule has 4 rings (SSSR count). The minimum Gasteiger partial charge on any atom is -0.469 e. The van der Waals surface area contributed by atoms with E-state index in [1.165, 1.54) is 19.2 Å². The monoisotopic (exact) mass is 608 g/mol. The molecule has 2 aliphatic rings. The van der Waals surface area contributed by atoms with Crippen LogP contribution in [0, 0.1) is 11.8 Å². The molecule has 1 N–H and O–H groups in total. The van der Waals surface area contributed by atoms with Crippen molar-refractivity contribution in [2.45, 2.75) is 82.1 Å². The van der Waals surface area contributed by atoms with Crippen LogP contribution in [0.1, 0.15) is 91.5 Å². The van der Waals surface area contributed by atoms with E-state index in [2.05, 4.69) is 17.1 Å². The minimum absolute atomic E-state index is 0.0392. The number of alkyl halides is 3. The smallest absolute Gasteiger partial charge is 0.391 e. The van der Waals surface area contributed by atoms with Crippen LogP contribution < -0.4 is 5.32 Å². The Balaban J connectivity index is 1.46. The van der Waals surface area contributed by atoms with Gasteiger partial charge >= 0.3 is 12.1 Å². The van der Waals surface area contributed by atoms with Crippen molar-refractivity contribution in [1.82, 2.24) is 10.2 Å². The number of nitrogens with one attached hydrogen (secondary N) is 1. The zero-order chi connectivity index (χ0) is 30.7. The molecule has 1 saturated carbocycles. The van der Waals surface area contributed by atoms with E-state index in [9.17, 15) is 31.2 Å². The normalized spacial score (nSPS) is 21.9. The van der Waals surface area contributed by atoms with Crippen LogP contribution in [0.3, 0.4) is 0 Å². The summed E-state index contributed by atoms with van der Waals surface area (Å²) >= 11 is 0. The molecule has 1 aliphatic heterocycles. The fourth-order valence-corrected chi connectivity index (χ4v) is 7.11. The van der Waals surface area contributed by atoms with Crippen LogP contribution in [0.15, 0.2) is 47.4 Å². The third kappa shape index (κ3) is 7.34. The molecule has 0 spiro atoms. The van der Waals surface area contributed by atoms with Gasteiger partial charge in [0.15, 0.2) is 9.84 Å². The van der Waals surface area contributed by atoms with Crippen LogP contribution in [0.2, 0.25) is 0 Å². The lowest BCUT2D eigenvalue weighted by atomic mass is 9.81. The van der Waals surface area contributed by atoms with Crippen molar-refractivity contribution in [2.24, 2.45) is 11.8 Å². The van der Waals surface area contributed by atoms with Crippen molar-refractivity contribution < 1.29 is 35.9 Å². The SMILES string of the molecule is CC[C@H]1c2ccc(C(=O)NC(CC(=O)OC)c3ccc(S(=O)(=O)CC)cc3)cc2CN1C[C@H]1CC[C@H](C(F)(F)F)CC1. The van der Waals surface area contributed by atoms with Gasteiger partial charge in [0.25, 0.3) is 5.91 Å². The number of ether oxygens (including phenoxy) is 1. The maximum atomic E-state index is 13.4. The van der Waals surface area contributed by atoms with E-state index in [0.29, 0.717) is 30.5 Å². The second kappa shape index (κ2) is 13.2. The molecule has 1 aliphatic carbocycles. The van der Waals surface area contributed by atoms with Crippen LogP contribution in [-0.2, 0) is 25.9 Å². The predicted molar refractivity (Wildman–Crippen MR) is 152 cm³/mol. The molecule has 1 amide bonds. The lowest BCUT2D eigenvalue weighted by Crippen LogP contribution is -2.33. The Morgan fingerprint density at radius 1 is 1.05 bits per heavy atom. The summed E-state index contributed by atoms with van der Waals surface area (Å²) in [5.74, 6) is -1.92. The van der Waals surface area contributed by atoms with Crippen LogP contribution >= 0.6 is 0 Å². The number of nitrogens with zero attached hydrogens (tertiary/aromatic N) is 1. The Labute approximate surface area is 245 Å². The Hall–Kier alpha value is -2.92. The van der Waals surface area contributed by atoms with Crippen LogP contribution in [0.4, 0.5) is 13.2 Å². The van der Waals surface area contributed by atoms with Crippen LogP contribution in [0.25, 0.3) is 0 Å². The molecule has 11 heteroatoms. The zero-order valence-electron chi connectivity index (χ0n) is 24.2. The standard InChI is InChI=1S/C31H39F3N2O5S/c1-4-28-26-15-10-22(16-23(26)19-36(28)18-20-6-11-24(12-7-20)31(32,33)34)30(38)35-27(17-29(37)41-3)21-8-13-25(14-9-21)42(39,40)5-2/h8-10,13-16,20,24,27-28H,4-7,11-12,17-19H2,1-3H3,(H,35,38)/t20-,24-,27?,28-/m0/s1. The predicted octanol–water partition coefficient (Wildman–Crippen LogP) is 6.15. The number of halogens is 3. The molecule has 0 aromatic heterocycles. The van der Waals surface area contributed by atoms with Gasteiger partial charge in [-0.15, -0.1) is 0 Å². The summed E-state index contributed by atoms with van der Waals surface area (Å²) in [7, 11) is -2.14. The number of carbonyl (C=O) groups excluding carboxylic acids is 2. The molecule has 2 aromatic rings. The second-order valence-corrected chi connectivity index (χ2v) is 13.6. The van der Waals surface area contributed by atoms with Gasteiger partial charge in [-0.25, -0.2) is 8.42 Å². The van der Waals surface area contributed by atoms with Gasteiger partial charge in [-0.1, -0.05) is 32.0 Å². The van der Waals surface area contributed by atoms with Crippen molar-refractivity contribution in [3.05, 3.63) is 64.7 Å². The quantitative estimate of drug-likeness (QED) is 0.326. The summed E-state index contributed by atoms with van der Waals surface area (Å²) in [5, 5.41) is 2.90. The largest absolute Gasteiger partial charge is 0.469 e. The van der Waals surface area contributed by atoms with Gasteiger partial charge < -0.3 is 10.1 Å². The van der Waals surface area contributed by atoms with E-state index >= 15 is 0 Å². The lowest BCUT2D eigenvalue weighted by molar-refractivity contribution is -0.184. The highest BCUT2D eigenvalue weighted by Crippen LogP contribution is 2.42. The number of amides is 1. The third-order valence-corrected chi connectivity index (χ3v) is 10.4. The van der Waals surface area contributed by atoms with Crippen molar-refractivity contribution in [3.8, 4) is 0 Å². The molecular weight excluding hydrogens is 569 g/mol. The lowest BCUT2D eigenvalue weighted by Gasteiger charge is -2.34. The first-order valence-corrected chi connectivity index (χ1v) is 16.1. The van der Waals surface area contributed by atoms with Gasteiger partial charge in [-0.2, -0.15) is 13.2 Å². The van der Waals surface area contributed by atoms with Crippen molar-refractivity contribution >= 4 is 21.7 Å².